The molecule has 1 heteroatoms. The van der Waals surface area contributed by atoms with Gasteiger partial charge >= 0.3 is 0 Å². The van der Waals surface area contributed by atoms with Crippen molar-refractivity contribution < 1.29 is 0 Å². The second-order valence-corrected chi connectivity index (χ2v) is 2.48. The maximum Gasteiger partial charge on any atom is 0.0244 e. The molecule has 0 heterocycles. The van der Waals surface area contributed by atoms with Gasteiger partial charge in [0.1, 0.15) is 0 Å². The third-order valence-corrected chi connectivity index (χ3v) is 1.67. The predicted octanol–water partition coefficient (Wildman–Crippen LogP) is 2.15. The molecule has 0 amide bonds. The summed E-state index contributed by atoms with van der Waals surface area (Å²) in [6.07, 6.45) is 6.68. The molecule has 1 atom stereocenters. The van der Waals surface area contributed by atoms with E-state index in [1.54, 1.807) is 0 Å². The average Bonchev–Trinajstić information content (AvgIpc) is 1.99. The highest BCUT2D eigenvalue weighted by molar-refractivity contribution is 4.83. The lowest BCUT2D eigenvalue weighted by Crippen LogP contribution is -2.21. The van der Waals surface area contributed by atoms with Gasteiger partial charge in [-0.25, -0.2) is 0 Å². The van der Waals surface area contributed by atoms with Crippen LogP contribution in [0.5, 0.6) is 0 Å². The van der Waals surface area contributed by atoms with Gasteiger partial charge in [0.2, 0.25) is 0 Å². The minimum atomic E-state index is 0.492. The van der Waals surface area contributed by atoms with E-state index >= 15 is 0 Å². The molecule has 0 rings (SSSR count). The Morgan fingerprint density at radius 3 is 2.60 bits per heavy atom. The zero-order valence-corrected chi connectivity index (χ0v) is 6.90. The second-order valence-electron chi connectivity index (χ2n) is 2.48. The van der Waals surface area contributed by atoms with Crippen LogP contribution in [0.1, 0.15) is 25.7 Å². The molecular weight excluding hydrogens is 122 g/mol. The van der Waals surface area contributed by atoms with Gasteiger partial charge in [-0.15, -0.1) is 6.58 Å². The fourth-order valence-electron chi connectivity index (χ4n) is 0.921. The van der Waals surface area contributed by atoms with Crippen molar-refractivity contribution in [3.8, 4) is 0 Å². The standard InChI is InChI=1S/C9H18N/c1-4-6-7-8-9(5-2)10-3/h5,9-10H,1-2,4,6-8H2,3H3. The molecule has 1 nitrogen and oxygen atoms in total. The Balaban J connectivity index is 3.17. The van der Waals surface area contributed by atoms with E-state index in [4.69, 9.17) is 0 Å². The van der Waals surface area contributed by atoms with E-state index in [1.165, 1.54) is 19.3 Å². The van der Waals surface area contributed by atoms with Crippen molar-refractivity contribution in [2.45, 2.75) is 31.7 Å². The maximum atomic E-state index is 3.79. The average molecular weight is 140 g/mol. The SMILES string of the molecule is [CH2]CCCCC(C=C)NC. The number of rotatable bonds is 6. The van der Waals surface area contributed by atoms with Gasteiger partial charge in [-0.3, -0.25) is 0 Å². The lowest BCUT2D eigenvalue weighted by atomic mass is 10.1. The van der Waals surface area contributed by atoms with Crippen LogP contribution in [0.25, 0.3) is 0 Å². The fraction of sp³-hybridized carbons (Fsp3) is 0.667. The molecule has 10 heavy (non-hydrogen) atoms. The number of unbranched alkanes of at least 4 members (excludes halogenated alkanes) is 2. The molecule has 0 aromatic heterocycles. The molecule has 59 valence electrons. The van der Waals surface area contributed by atoms with Gasteiger partial charge in [0.15, 0.2) is 0 Å². The fourth-order valence-corrected chi connectivity index (χ4v) is 0.921. The largest absolute Gasteiger partial charge is 0.314 e. The summed E-state index contributed by atoms with van der Waals surface area (Å²) in [6, 6.07) is 0.492. The molecule has 0 aliphatic rings. The van der Waals surface area contributed by atoms with Crippen LogP contribution in [0.3, 0.4) is 0 Å². The van der Waals surface area contributed by atoms with Crippen LogP contribution < -0.4 is 5.32 Å². The van der Waals surface area contributed by atoms with Crippen LogP contribution in [0.4, 0.5) is 0 Å². The molecule has 1 N–H and O–H groups in total. The predicted molar refractivity (Wildman–Crippen MR) is 46.9 cm³/mol. The summed E-state index contributed by atoms with van der Waals surface area (Å²) in [5.41, 5.74) is 0. The van der Waals surface area contributed by atoms with E-state index in [1.807, 2.05) is 13.1 Å². The molecular formula is C9H18N. The van der Waals surface area contributed by atoms with Crippen LogP contribution >= 0.6 is 0 Å². The van der Waals surface area contributed by atoms with Crippen LogP contribution in [0.15, 0.2) is 12.7 Å². The first-order chi connectivity index (χ1) is 4.85. The van der Waals surface area contributed by atoms with Gasteiger partial charge in [-0.05, 0) is 13.5 Å². The smallest absolute Gasteiger partial charge is 0.0244 e. The topological polar surface area (TPSA) is 12.0 Å². The molecule has 0 aromatic carbocycles. The van der Waals surface area contributed by atoms with Gasteiger partial charge in [-0.1, -0.05) is 32.3 Å². The molecule has 0 spiro atoms. The van der Waals surface area contributed by atoms with Crippen LogP contribution in [-0.2, 0) is 0 Å². The number of nitrogens with one attached hydrogen (secondary N) is 1. The first kappa shape index (κ1) is 9.70. The Morgan fingerprint density at radius 2 is 2.20 bits per heavy atom. The van der Waals surface area contributed by atoms with Gasteiger partial charge in [0.05, 0.1) is 0 Å². The third-order valence-electron chi connectivity index (χ3n) is 1.67. The lowest BCUT2D eigenvalue weighted by molar-refractivity contribution is 0.569. The van der Waals surface area contributed by atoms with Crippen molar-refractivity contribution in [3.05, 3.63) is 19.6 Å². The van der Waals surface area contributed by atoms with Crippen LogP contribution in [0, 0.1) is 6.92 Å². The summed E-state index contributed by atoms with van der Waals surface area (Å²) in [7, 11) is 1.97. The molecule has 0 saturated heterocycles. The summed E-state index contributed by atoms with van der Waals surface area (Å²) in [6.45, 7) is 7.52. The molecule has 0 aliphatic heterocycles. The zero-order chi connectivity index (χ0) is 7.82. The third kappa shape index (κ3) is 4.57. The van der Waals surface area contributed by atoms with E-state index in [0.717, 1.165) is 6.42 Å². The highest BCUT2D eigenvalue weighted by Crippen LogP contribution is 2.02. The summed E-state index contributed by atoms with van der Waals surface area (Å²) in [4.78, 5) is 0. The van der Waals surface area contributed by atoms with Crippen LogP contribution in [0.2, 0.25) is 0 Å². The van der Waals surface area contributed by atoms with E-state index in [2.05, 4.69) is 18.8 Å². The van der Waals surface area contributed by atoms with Crippen molar-refractivity contribution in [3.63, 3.8) is 0 Å². The van der Waals surface area contributed by atoms with E-state index in [0.29, 0.717) is 6.04 Å². The Morgan fingerprint density at radius 1 is 1.50 bits per heavy atom. The van der Waals surface area contributed by atoms with Gasteiger partial charge in [-0.2, -0.15) is 0 Å². The molecule has 0 aromatic rings. The molecule has 0 fully saturated rings. The lowest BCUT2D eigenvalue weighted by Gasteiger charge is -2.09. The van der Waals surface area contributed by atoms with Crippen molar-refractivity contribution >= 4 is 0 Å². The van der Waals surface area contributed by atoms with Gasteiger partial charge in [0, 0.05) is 6.04 Å². The molecule has 0 saturated carbocycles. The summed E-state index contributed by atoms with van der Waals surface area (Å²) >= 11 is 0. The van der Waals surface area contributed by atoms with E-state index in [9.17, 15) is 0 Å². The maximum absolute atomic E-state index is 3.79. The molecule has 1 radical (unpaired) electrons. The summed E-state index contributed by atoms with van der Waals surface area (Å²) in [5, 5.41) is 3.17. The molecule has 1 unspecified atom stereocenters. The Hall–Kier alpha value is -0.300. The number of hydrogen-bond acceptors (Lipinski definition) is 1. The first-order valence-corrected chi connectivity index (χ1v) is 3.94. The summed E-state index contributed by atoms with van der Waals surface area (Å²) < 4.78 is 0. The van der Waals surface area contributed by atoms with Crippen LogP contribution in [-0.4, -0.2) is 13.1 Å². The van der Waals surface area contributed by atoms with Gasteiger partial charge < -0.3 is 5.32 Å². The van der Waals surface area contributed by atoms with Crippen molar-refractivity contribution in [1.82, 2.24) is 5.32 Å². The molecule has 0 bridgehead atoms. The quantitative estimate of drug-likeness (QED) is 0.440. The summed E-state index contributed by atoms with van der Waals surface area (Å²) in [5.74, 6) is 0. The minimum absolute atomic E-state index is 0.492. The van der Waals surface area contributed by atoms with Crippen molar-refractivity contribution in [2.24, 2.45) is 0 Å². The second kappa shape index (κ2) is 6.81. The minimum Gasteiger partial charge on any atom is -0.314 e. The number of hydrogen-bond donors (Lipinski definition) is 1. The zero-order valence-electron chi connectivity index (χ0n) is 6.90. The Labute approximate surface area is 64.5 Å². The Bertz CT molecular complexity index is 78.8. The molecule has 0 aliphatic carbocycles. The van der Waals surface area contributed by atoms with E-state index < -0.39 is 0 Å². The monoisotopic (exact) mass is 140 g/mol. The van der Waals surface area contributed by atoms with Crippen molar-refractivity contribution in [2.75, 3.05) is 7.05 Å². The normalized spacial score (nSPS) is 13.0. The van der Waals surface area contributed by atoms with Crippen molar-refractivity contribution in [1.29, 1.82) is 0 Å². The highest BCUT2D eigenvalue weighted by Gasteiger charge is 1.97. The Kier molecular flexibility index (Phi) is 6.61. The number of likely N-dealkylation sites (N-methyl/N-ethyl adjacent to an activating group) is 1. The van der Waals surface area contributed by atoms with E-state index in [-0.39, 0.29) is 0 Å². The van der Waals surface area contributed by atoms with Gasteiger partial charge in [0.25, 0.3) is 0 Å². The highest BCUT2D eigenvalue weighted by atomic mass is 14.8. The first-order valence-electron chi connectivity index (χ1n) is 3.94.